The van der Waals surface area contributed by atoms with Gasteiger partial charge in [0.15, 0.2) is 6.79 Å². The Morgan fingerprint density at radius 1 is 0.843 bits per heavy atom. The van der Waals surface area contributed by atoms with Crippen LogP contribution in [0, 0.1) is 5.92 Å². The van der Waals surface area contributed by atoms with E-state index in [0.29, 0.717) is 13.2 Å². The lowest BCUT2D eigenvalue weighted by molar-refractivity contribution is -0.108. The van der Waals surface area contributed by atoms with Gasteiger partial charge >= 0.3 is 12.2 Å². The zero-order valence-electron chi connectivity index (χ0n) is 31.7. The summed E-state index contributed by atoms with van der Waals surface area (Å²) in [7, 11) is -5.64. The van der Waals surface area contributed by atoms with E-state index in [1.165, 1.54) is 29.6 Å². The van der Waals surface area contributed by atoms with Gasteiger partial charge in [0.1, 0.15) is 31.9 Å². The Kier molecular flexibility index (Phi) is 18.6. The molecule has 0 aliphatic carbocycles. The Morgan fingerprint density at radius 2 is 1.47 bits per heavy atom. The summed E-state index contributed by atoms with van der Waals surface area (Å²) < 4.78 is 68.2. The van der Waals surface area contributed by atoms with Gasteiger partial charge in [-0.1, -0.05) is 83.5 Å². The normalized spacial score (nSPS) is 12.8. The zero-order valence-corrected chi connectivity index (χ0v) is 34.5. The topological polar surface area (TPSA) is 148 Å². The standard InChI is InChI=1S/C35H58N2O11SSi2/c1-28(2)22-37(23-30(47-26-43-17-19-50(4,5)6)25-46-35(39)45-24-29-13-11-10-12-14-29)49(40,41)31-15-16-33(32(21-31)36-34(38)42-3)48-27-44-18-20-51(7,8)9/h10-16,21,28,30H,17-20,22-27H2,1-9H3,(H,36,38). The van der Waals surface area contributed by atoms with Gasteiger partial charge in [0.05, 0.1) is 17.7 Å². The summed E-state index contributed by atoms with van der Waals surface area (Å²) in [6.07, 6.45) is -2.60. The van der Waals surface area contributed by atoms with E-state index in [-0.39, 0.29) is 62.1 Å². The van der Waals surface area contributed by atoms with Gasteiger partial charge in [0.25, 0.3) is 0 Å². The predicted molar refractivity (Wildman–Crippen MR) is 202 cm³/mol. The first-order valence-corrected chi connectivity index (χ1v) is 26.0. The summed E-state index contributed by atoms with van der Waals surface area (Å²) in [5.74, 6) is 0.135. The number of methoxy groups -OCH3 is 1. The molecule has 2 rings (SSSR count). The molecular weight excluding hydrogens is 713 g/mol. The lowest BCUT2D eigenvalue weighted by atomic mass is 10.2. The molecule has 0 spiro atoms. The number of nitrogens with one attached hydrogen (secondary N) is 1. The lowest BCUT2D eigenvalue weighted by Crippen LogP contribution is -2.42. The van der Waals surface area contributed by atoms with Crippen LogP contribution in [0.4, 0.5) is 15.3 Å². The first kappa shape index (κ1) is 44.2. The molecule has 1 N–H and O–H groups in total. The largest absolute Gasteiger partial charge is 0.508 e. The summed E-state index contributed by atoms with van der Waals surface area (Å²) in [4.78, 5) is 24.6. The third-order valence-corrected chi connectivity index (χ3v) is 12.5. The van der Waals surface area contributed by atoms with Crippen molar-refractivity contribution in [2.24, 2.45) is 5.92 Å². The monoisotopic (exact) mass is 770 g/mol. The maximum atomic E-state index is 14.2. The van der Waals surface area contributed by atoms with Crippen LogP contribution < -0.4 is 10.1 Å². The van der Waals surface area contributed by atoms with E-state index in [4.69, 9.17) is 33.2 Å². The number of carbonyl (C=O) groups is 2. The van der Waals surface area contributed by atoms with Crippen LogP contribution in [0.3, 0.4) is 0 Å². The molecule has 0 aliphatic heterocycles. The predicted octanol–water partition coefficient (Wildman–Crippen LogP) is 7.25. The van der Waals surface area contributed by atoms with Crippen molar-refractivity contribution >= 4 is 44.1 Å². The van der Waals surface area contributed by atoms with Crippen LogP contribution in [-0.2, 0) is 45.1 Å². The second kappa shape index (κ2) is 21.5. The Labute approximate surface area is 306 Å². The Balaban J connectivity index is 2.27. The third kappa shape index (κ3) is 18.4. The van der Waals surface area contributed by atoms with Crippen molar-refractivity contribution in [3.05, 3.63) is 54.1 Å². The zero-order chi connectivity index (χ0) is 38.1. The number of sulfonamides is 1. The molecular formula is C35H58N2O11SSi2. The Hall–Kier alpha value is -3.00. The highest BCUT2D eigenvalue weighted by atomic mass is 32.2. The average Bonchev–Trinajstić information content (AvgIpc) is 3.05. The fraction of sp³-hybridized carbons (Fsp3) is 0.600. The summed E-state index contributed by atoms with van der Waals surface area (Å²) in [5, 5.41) is 2.54. The van der Waals surface area contributed by atoms with Gasteiger partial charge in [0.2, 0.25) is 10.0 Å². The van der Waals surface area contributed by atoms with Gasteiger partial charge < -0.3 is 33.2 Å². The molecule has 1 unspecified atom stereocenters. The van der Waals surface area contributed by atoms with E-state index in [1.807, 2.05) is 44.2 Å². The second-order valence-electron chi connectivity index (χ2n) is 14.9. The van der Waals surface area contributed by atoms with E-state index in [9.17, 15) is 18.0 Å². The number of ether oxygens (including phenoxy) is 7. The first-order valence-electron chi connectivity index (χ1n) is 17.1. The molecule has 0 aliphatic rings. The van der Waals surface area contributed by atoms with Crippen LogP contribution in [0.25, 0.3) is 0 Å². The molecule has 2 aromatic carbocycles. The van der Waals surface area contributed by atoms with Crippen LogP contribution in [-0.4, -0.2) is 101 Å². The molecule has 0 fully saturated rings. The van der Waals surface area contributed by atoms with Crippen molar-refractivity contribution in [1.29, 1.82) is 0 Å². The van der Waals surface area contributed by atoms with Gasteiger partial charge in [-0.25, -0.2) is 18.0 Å². The highest BCUT2D eigenvalue weighted by Crippen LogP contribution is 2.30. The molecule has 288 valence electrons. The van der Waals surface area contributed by atoms with Crippen molar-refractivity contribution in [3.63, 3.8) is 0 Å². The summed E-state index contributed by atoms with van der Waals surface area (Å²) in [6, 6.07) is 15.2. The van der Waals surface area contributed by atoms with Crippen LogP contribution in [0.5, 0.6) is 5.75 Å². The number of amides is 1. The number of hydrogen-bond acceptors (Lipinski definition) is 11. The summed E-state index contributed by atoms with van der Waals surface area (Å²) in [6.45, 7) is 17.7. The molecule has 0 saturated heterocycles. The summed E-state index contributed by atoms with van der Waals surface area (Å²) >= 11 is 0. The molecule has 16 heteroatoms. The smallest absolute Gasteiger partial charge is 0.465 e. The Morgan fingerprint density at radius 3 is 2.06 bits per heavy atom. The molecule has 1 amide bonds. The van der Waals surface area contributed by atoms with E-state index < -0.39 is 44.5 Å². The molecule has 0 bridgehead atoms. The third-order valence-electron chi connectivity index (χ3n) is 7.25. The molecule has 2 aromatic rings. The van der Waals surface area contributed by atoms with Gasteiger partial charge in [-0.15, -0.1) is 0 Å². The molecule has 13 nitrogen and oxygen atoms in total. The number of hydrogen-bond donors (Lipinski definition) is 1. The lowest BCUT2D eigenvalue weighted by Gasteiger charge is -2.28. The second-order valence-corrected chi connectivity index (χ2v) is 28.1. The van der Waals surface area contributed by atoms with Crippen molar-refractivity contribution in [2.45, 2.75) is 82.8 Å². The van der Waals surface area contributed by atoms with E-state index >= 15 is 0 Å². The number of anilines is 1. The molecule has 0 radical (unpaired) electrons. The quantitative estimate of drug-likeness (QED) is 0.0527. The van der Waals surface area contributed by atoms with Crippen LogP contribution in [0.1, 0.15) is 19.4 Å². The van der Waals surface area contributed by atoms with Crippen molar-refractivity contribution in [1.82, 2.24) is 4.31 Å². The van der Waals surface area contributed by atoms with E-state index in [2.05, 4.69) is 44.6 Å². The summed E-state index contributed by atoms with van der Waals surface area (Å²) in [5.41, 5.74) is 0.883. The fourth-order valence-corrected chi connectivity index (χ4v) is 7.48. The van der Waals surface area contributed by atoms with Crippen LogP contribution in [0.15, 0.2) is 53.4 Å². The van der Waals surface area contributed by atoms with Gasteiger partial charge in [-0.3, -0.25) is 5.32 Å². The molecule has 51 heavy (non-hydrogen) atoms. The highest BCUT2D eigenvalue weighted by molar-refractivity contribution is 7.89. The maximum absolute atomic E-state index is 14.2. The average molecular weight is 771 g/mol. The minimum absolute atomic E-state index is 0.0189. The fourth-order valence-electron chi connectivity index (χ4n) is 4.31. The van der Waals surface area contributed by atoms with E-state index in [0.717, 1.165) is 17.7 Å². The molecule has 0 aromatic heterocycles. The van der Waals surface area contributed by atoms with Gasteiger partial charge in [-0.05, 0) is 41.8 Å². The number of nitrogens with zero attached hydrogens (tertiary/aromatic N) is 1. The molecule has 0 saturated carbocycles. The maximum Gasteiger partial charge on any atom is 0.508 e. The number of carbonyl (C=O) groups excluding carboxylic acids is 2. The number of benzene rings is 2. The van der Waals surface area contributed by atoms with Gasteiger partial charge in [0, 0.05) is 42.5 Å². The minimum Gasteiger partial charge on any atom is -0.465 e. The molecule has 0 heterocycles. The minimum atomic E-state index is -4.19. The highest BCUT2D eigenvalue weighted by Gasteiger charge is 2.30. The van der Waals surface area contributed by atoms with E-state index in [1.54, 1.807) is 0 Å². The van der Waals surface area contributed by atoms with Crippen LogP contribution >= 0.6 is 0 Å². The van der Waals surface area contributed by atoms with Crippen molar-refractivity contribution in [2.75, 3.05) is 58.9 Å². The van der Waals surface area contributed by atoms with Crippen LogP contribution in [0.2, 0.25) is 51.4 Å². The van der Waals surface area contributed by atoms with Gasteiger partial charge in [-0.2, -0.15) is 4.31 Å². The SMILES string of the molecule is COC(=O)Nc1cc(S(=O)(=O)N(CC(C)C)CC(COC(=O)OCc2ccccc2)OCOCC[Si](C)(C)C)ccc1OCOCC[Si](C)(C)C. The first-order chi connectivity index (χ1) is 23.9. The molecule has 1 atom stereocenters. The van der Waals surface area contributed by atoms with Crippen molar-refractivity contribution < 1.29 is 51.2 Å². The Bertz CT molecular complexity index is 1450. The number of rotatable bonds is 23. The van der Waals surface area contributed by atoms with Crippen molar-refractivity contribution in [3.8, 4) is 5.75 Å².